The van der Waals surface area contributed by atoms with Crippen LogP contribution in [0.2, 0.25) is 5.02 Å². The topological polar surface area (TPSA) is 240 Å². The molecule has 2 aliphatic heterocycles. The number of piperidine rings is 1. The molecule has 5 amide bonds. The maximum absolute atomic E-state index is 13.3. The number of hydrogen-bond donors (Lipinski definition) is 5. The molecule has 1 unspecified atom stereocenters. The third-order valence-corrected chi connectivity index (χ3v) is 13.4. The number of nitrogens with zero attached hydrogens (tertiary/aromatic N) is 4. The summed E-state index contributed by atoms with van der Waals surface area (Å²) < 4.78 is 43.1. The molecule has 1 saturated heterocycles. The molecule has 6 rings (SSSR count). The zero-order chi connectivity index (χ0) is 47.5. The van der Waals surface area contributed by atoms with Crippen LogP contribution in [0.1, 0.15) is 58.5 Å². The summed E-state index contributed by atoms with van der Waals surface area (Å²) in [6, 6.07) is 14.1. The fourth-order valence-corrected chi connectivity index (χ4v) is 8.57. The zero-order valence-electron chi connectivity index (χ0n) is 37.4. The van der Waals surface area contributed by atoms with E-state index in [0.29, 0.717) is 43.5 Å². The number of benzene rings is 3. The number of carbonyl (C=O) groups is 5. The van der Waals surface area contributed by atoms with E-state index in [4.69, 9.17) is 25.8 Å². The monoisotopic (exact) mass is 947 g/mol. The second-order valence-electron chi connectivity index (χ2n) is 15.9. The molecule has 1 atom stereocenters. The number of halogens is 1. The highest BCUT2D eigenvalue weighted by atomic mass is 35.5. The third-order valence-electron chi connectivity index (χ3n) is 10.9. The Morgan fingerprint density at radius 1 is 0.955 bits per heavy atom. The summed E-state index contributed by atoms with van der Waals surface area (Å²) in [4.78, 5) is 74.9. The van der Waals surface area contributed by atoms with E-state index in [0.717, 1.165) is 29.0 Å². The van der Waals surface area contributed by atoms with Crippen LogP contribution in [0.25, 0.3) is 0 Å². The van der Waals surface area contributed by atoms with Crippen molar-refractivity contribution in [2.24, 2.45) is 0 Å². The van der Waals surface area contributed by atoms with Crippen molar-refractivity contribution in [1.82, 2.24) is 30.4 Å². The molecule has 2 aliphatic rings. The Morgan fingerprint density at radius 3 is 2.44 bits per heavy atom. The molecule has 1 aromatic heterocycles. The average Bonchev–Trinajstić information content (AvgIpc) is 3.54. The minimum Gasteiger partial charge on any atom is -0.495 e. The molecule has 21 heteroatoms. The van der Waals surface area contributed by atoms with Gasteiger partial charge in [0.15, 0.2) is 15.7 Å². The Labute approximate surface area is 388 Å². The molecule has 0 spiro atoms. The van der Waals surface area contributed by atoms with Gasteiger partial charge in [-0.3, -0.25) is 34.2 Å². The summed E-state index contributed by atoms with van der Waals surface area (Å²) >= 11 is 6.44. The van der Waals surface area contributed by atoms with Crippen molar-refractivity contribution in [3.63, 3.8) is 0 Å². The first-order valence-electron chi connectivity index (χ1n) is 21.3. The summed E-state index contributed by atoms with van der Waals surface area (Å²) in [5.41, 5.74) is 3.60. The molecule has 1 fully saturated rings. The van der Waals surface area contributed by atoms with E-state index < -0.39 is 44.8 Å². The molecule has 3 heterocycles. The van der Waals surface area contributed by atoms with Crippen molar-refractivity contribution in [1.29, 1.82) is 0 Å². The molecule has 0 aliphatic carbocycles. The van der Waals surface area contributed by atoms with Gasteiger partial charge in [-0.1, -0.05) is 29.8 Å². The smallest absolute Gasteiger partial charge is 0.264 e. The number of rotatable bonds is 23. The summed E-state index contributed by atoms with van der Waals surface area (Å²) in [6.45, 7) is 8.25. The predicted molar refractivity (Wildman–Crippen MR) is 248 cm³/mol. The van der Waals surface area contributed by atoms with E-state index >= 15 is 0 Å². The second-order valence-corrected chi connectivity index (χ2v) is 18.7. The number of carbonyl (C=O) groups excluding carboxylic acids is 5. The maximum atomic E-state index is 13.3. The lowest BCUT2D eigenvalue weighted by atomic mass is 10.0. The van der Waals surface area contributed by atoms with E-state index in [1.165, 1.54) is 12.3 Å². The number of likely N-dealkylation sites (N-methyl/N-ethyl adjacent to an activating group) is 1. The van der Waals surface area contributed by atoms with Crippen LogP contribution in [0.4, 0.5) is 28.8 Å². The first kappa shape index (κ1) is 49.2. The highest BCUT2D eigenvalue weighted by molar-refractivity contribution is 7.92. The van der Waals surface area contributed by atoms with Gasteiger partial charge in [0.25, 0.3) is 11.8 Å². The van der Waals surface area contributed by atoms with Crippen molar-refractivity contribution >= 4 is 79.8 Å². The van der Waals surface area contributed by atoms with Crippen molar-refractivity contribution in [3.8, 4) is 5.75 Å². The number of imide groups is 2. The van der Waals surface area contributed by atoms with Gasteiger partial charge in [-0.15, -0.1) is 0 Å². The van der Waals surface area contributed by atoms with E-state index in [2.05, 4.69) is 41.5 Å². The van der Waals surface area contributed by atoms with Gasteiger partial charge >= 0.3 is 0 Å². The summed E-state index contributed by atoms with van der Waals surface area (Å²) in [7, 11) is 0.0127. The lowest BCUT2D eigenvalue weighted by Gasteiger charge is -2.27. The number of hydrogen-bond acceptors (Lipinski definition) is 16. The lowest BCUT2D eigenvalue weighted by Crippen LogP contribution is -2.54. The van der Waals surface area contributed by atoms with Crippen molar-refractivity contribution < 1.29 is 46.6 Å². The quantitative estimate of drug-likeness (QED) is 0.0516. The summed E-state index contributed by atoms with van der Waals surface area (Å²) in [5, 5.41) is 13.7. The normalized spacial score (nSPS) is 15.0. The van der Waals surface area contributed by atoms with Gasteiger partial charge in [-0.05, 0) is 88.2 Å². The summed E-state index contributed by atoms with van der Waals surface area (Å²) in [6.07, 6.45) is 2.25. The van der Waals surface area contributed by atoms with Crippen LogP contribution >= 0.6 is 11.6 Å². The number of methoxy groups -OCH3 is 1. The second kappa shape index (κ2) is 22.3. The van der Waals surface area contributed by atoms with Crippen molar-refractivity contribution in [3.05, 3.63) is 88.1 Å². The Morgan fingerprint density at radius 2 is 1.70 bits per heavy atom. The molecule has 0 bridgehead atoms. The standard InChI is InChI=1S/C45H54ClN9O10S/c1-27(2)66(61,62)37-12-7-6-10-32(37)50-41-31(46)25-49-45(53-41)51-34-23-28(3)29(24-36(34)63-5)15-17-54(4)18-20-65-22-21-64-19-16-47-39(57)26-48-33-11-8-9-30-40(33)44(60)55(43(30)59)35-13-14-38(56)52-42(35)58/h6-12,23-25,27,35,48H,13-22,26H2,1-5H3,(H,47,57)(H,52,56,58)(H2,49,50,51,53). The SMILES string of the molecule is COc1cc(CCN(C)CCOCCOCCNC(=O)CNc2cccc3c2C(=O)N(C2CCC(=O)NC2=O)C3=O)c(C)cc1Nc1ncc(Cl)c(Nc2ccccc2S(=O)(=O)C(C)C)n1. The van der Waals surface area contributed by atoms with Crippen LogP contribution in [0, 0.1) is 6.92 Å². The van der Waals surface area contributed by atoms with E-state index in [-0.39, 0.29) is 76.9 Å². The van der Waals surface area contributed by atoms with Crippen LogP contribution < -0.4 is 31.3 Å². The average molecular weight is 948 g/mol. The molecule has 66 heavy (non-hydrogen) atoms. The molecule has 0 saturated carbocycles. The fraction of sp³-hybridized carbons (Fsp3) is 0.400. The van der Waals surface area contributed by atoms with Crippen LogP contribution in [0.3, 0.4) is 0 Å². The Bertz CT molecular complexity index is 2580. The summed E-state index contributed by atoms with van der Waals surface area (Å²) in [5.74, 6) is -1.74. The Hall–Kier alpha value is -6.19. The molecule has 4 aromatic rings. The van der Waals surface area contributed by atoms with Gasteiger partial charge in [-0.2, -0.15) is 4.98 Å². The van der Waals surface area contributed by atoms with E-state index in [9.17, 15) is 32.4 Å². The van der Waals surface area contributed by atoms with E-state index in [1.807, 2.05) is 26.1 Å². The van der Waals surface area contributed by atoms with Gasteiger partial charge in [0.05, 0.1) is 78.9 Å². The number of aromatic nitrogens is 2. The highest BCUT2D eigenvalue weighted by Gasteiger charge is 2.45. The lowest BCUT2D eigenvalue weighted by molar-refractivity contribution is -0.136. The molecule has 19 nitrogen and oxygen atoms in total. The Balaban J connectivity index is 0.871. The van der Waals surface area contributed by atoms with Crippen LogP contribution in [0.15, 0.2) is 65.7 Å². The number of nitrogens with one attached hydrogen (secondary N) is 5. The maximum Gasteiger partial charge on any atom is 0.264 e. The molecular weight excluding hydrogens is 894 g/mol. The van der Waals surface area contributed by atoms with Crippen molar-refractivity contribution in [2.75, 3.05) is 82.7 Å². The van der Waals surface area contributed by atoms with Crippen LogP contribution in [0.5, 0.6) is 5.75 Å². The van der Waals surface area contributed by atoms with Gasteiger partial charge in [-0.25, -0.2) is 13.4 Å². The number of sulfone groups is 1. The van der Waals surface area contributed by atoms with E-state index in [1.54, 1.807) is 57.4 Å². The number of fused-ring (bicyclic) bond motifs is 1. The number of para-hydroxylation sites is 1. The molecule has 0 radical (unpaired) electrons. The molecular formula is C45H54ClN9O10S. The van der Waals surface area contributed by atoms with Gasteiger partial charge in [0.2, 0.25) is 23.7 Å². The fourth-order valence-electron chi connectivity index (χ4n) is 7.23. The van der Waals surface area contributed by atoms with Gasteiger partial charge < -0.3 is 40.4 Å². The largest absolute Gasteiger partial charge is 0.495 e. The highest BCUT2D eigenvalue weighted by Crippen LogP contribution is 2.35. The Kier molecular flexibility index (Phi) is 16.7. The van der Waals surface area contributed by atoms with Crippen molar-refractivity contribution in [2.45, 2.75) is 56.2 Å². The zero-order valence-corrected chi connectivity index (χ0v) is 38.9. The minimum atomic E-state index is -3.58. The predicted octanol–water partition coefficient (Wildman–Crippen LogP) is 4.25. The first-order valence-corrected chi connectivity index (χ1v) is 23.3. The third kappa shape index (κ3) is 12.0. The molecule has 3 aromatic carbocycles. The number of ether oxygens (including phenoxy) is 3. The first-order chi connectivity index (χ1) is 31.6. The molecule has 5 N–H and O–H groups in total. The van der Waals surface area contributed by atoms with Gasteiger partial charge in [0.1, 0.15) is 16.8 Å². The molecule has 352 valence electrons. The minimum absolute atomic E-state index is 0.0170. The number of amides is 5. The van der Waals surface area contributed by atoms with Crippen LogP contribution in [-0.4, -0.2) is 136 Å². The number of aryl methyl sites for hydroxylation is 1. The number of anilines is 5. The van der Waals surface area contributed by atoms with Crippen LogP contribution in [-0.2, 0) is 40.1 Å². The van der Waals surface area contributed by atoms with Gasteiger partial charge in [0, 0.05) is 31.7 Å².